The Kier molecular flexibility index (Phi) is 6.41. The molecule has 2 rings (SSSR count). The topological polar surface area (TPSA) is 66.5 Å². The fraction of sp³-hybridized carbons (Fsp3) is 0.562. The number of fused-ring (bicyclic) bond motifs is 1. The maximum atomic E-state index is 12.1. The van der Waals surface area contributed by atoms with Crippen LogP contribution in [0, 0.1) is 5.92 Å². The van der Waals surface area contributed by atoms with Crippen molar-refractivity contribution in [2.75, 3.05) is 17.1 Å². The Morgan fingerprint density at radius 1 is 1.32 bits per heavy atom. The van der Waals surface area contributed by atoms with Crippen molar-refractivity contribution in [1.82, 2.24) is 5.32 Å². The number of amides is 1. The molecule has 1 aliphatic heterocycles. The van der Waals surface area contributed by atoms with Crippen LogP contribution in [0.5, 0.6) is 0 Å². The molecule has 1 heterocycles. The Morgan fingerprint density at radius 2 is 1.91 bits per heavy atom. The van der Waals surface area contributed by atoms with Gasteiger partial charge in [-0.2, -0.15) is 0 Å². The van der Waals surface area contributed by atoms with Crippen LogP contribution >= 0.6 is 0 Å². The molecular formula is C16H26N2O3S. The van der Waals surface area contributed by atoms with E-state index in [1.54, 1.807) is 0 Å². The number of hydrogen-bond donors (Lipinski definition) is 1. The number of carbonyl (C=O) groups is 1. The number of nitrogens with zero attached hydrogens (tertiary/aromatic N) is 1. The van der Waals surface area contributed by atoms with Gasteiger partial charge in [0, 0.05) is 25.4 Å². The number of para-hydroxylation sites is 1. The smallest absolute Gasteiger partial charge is 0.232 e. The highest BCUT2D eigenvalue weighted by molar-refractivity contribution is 7.92. The zero-order valence-corrected chi connectivity index (χ0v) is 14.8. The lowest BCUT2D eigenvalue weighted by Crippen LogP contribution is -2.49. The first-order chi connectivity index (χ1) is 10.3. The Balaban J connectivity index is 0.00000116. The van der Waals surface area contributed by atoms with Gasteiger partial charge in [-0.15, -0.1) is 0 Å². The summed E-state index contributed by atoms with van der Waals surface area (Å²) in [5.74, 6) is -0.0227. The van der Waals surface area contributed by atoms with Gasteiger partial charge in [-0.3, -0.25) is 9.10 Å². The monoisotopic (exact) mass is 326 g/mol. The normalized spacial score (nSPS) is 20.5. The predicted octanol–water partition coefficient (Wildman–Crippen LogP) is 2.18. The minimum absolute atomic E-state index is 0.0727. The molecule has 1 unspecified atom stereocenters. The lowest BCUT2D eigenvalue weighted by Gasteiger charge is -2.40. The number of hydrogen-bond acceptors (Lipinski definition) is 3. The summed E-state index contributed by atoms with van der Waals surface area (Å²) in [6, 6.07) is 7.36. The summed E-state index contributed by atoms with van der Waals surface area (Å²) in [5, 5.41) is 2.79. The molecule has 5 nitrogen and oxygen atoms in total. The van der Waals surface area contributed by atoms with Gasteiger partial charge in [0.15, 0.2) is 0 Å². The van der Waals surface area contributed by atoms with Gasteiger partial charge >= 0.3 is 0 Å². The summed E-state index contributed by atoms with van der Waals surface area (Å²) < 4.78 is 25.6. The lowest BCUT2D eigenvalue weighted by atomic mass is 9.88. The number of nitrogens with one attached hydrogen (secondary N) is 1. The molecule has 1 aromatic rings. The first kappa shape index (κ1) is 18.5. The van der Waals surface area contributed by atoms with Crippen molar-refractivity contribution in [3.8, 4) is 0 Å². The molecule has 2 atom stereocenters. The van der Waals surface area contributed by atoms with E-state index in [0.717, 1.165) is 17.7 Å². The molecule has 1 aliphatic rings. The molecule has 1 amide bonds. The minimum Gasteiger partial charge on any atom is -0.356 e. The Hall–Kier alpha value is -1.56. The van der Waals surface area contributed by atoms with Gasteiger partial charge < -0.3 is 5.32 Å². The van der Waals surface area contributed by atoms with Crippen LogP contribution in [-0.2, 0) is 21.2 Å². The fourth-order valence-electron chi connectivity index (χ4n) is 2.76. The van der Waals surface area contributed by atoms with Crippen LogP contribution in [0.25, 0.3) is 0 Å². The minimum atomic E-state index is -3.34. The summed E-state index contributed by atoms with van der Waals surface area (Å²) in [5.41, 5.74) is 1.76. The summed E-state index contributed by atoms with van der Waals surface area (Å²) in [6.45, 7) is 7.84. The maximum Gasteiger partial charge on any atom is 0.232 e. The van der Waals surface area contributed by atoms with E-state index in [1.807, 2.05) is 45.0 Å². The number of anilines is 1. The average molecular weight is 326 g/mol. The van der Waals surface area contributed by atoms with E-state index in [2.05, 4.69) is 5.32 Å². The molecule has 6 heteroatoms. The second-order valence-corrected chi connectivity index (χ2v) is 7.19. The van der Waals surface area contributed by atoms with Crippen molar-refractivity contribution < 1.29 is 13.2 Å². The van der Waals surface area contributed by atoms with E-state index in [-0.39, 0.29) is 17.9 Å². The third-order valence-corrected chi connectivity index (χ3v) is 4.98. The molecule has 0 radical (unpaired) electrons. The van der Waals surface area contributed by atoms with Crippen LogP contribution in [0.3, 0.4) is 0 Å². The van der Waals surface area contributed by atoms with E-state index >= 15 is 0 Å². The van der Waals surface area contributed by atoms with Gasteiger partial charge in [0.05, 0.1) is 11.9 Å². The molecule has 0 fully saturated rings. The molecule has 124 valence electrons. The van der Waals surface area contributed by atoms with Crippen LogP contribution in [0.2, 0.25) is 0 Å². The van der Waals surface area contributed by atoms with Gasteiger partial charge in [-0.25, -0.2) is 8.42 Å². The molecule has 0 spiro atoms. The van der Waals surface area contributed by atoms with Crippen molar-refractivity contribution >= 4 is 21.6 Å². The summed E-state index contributed by atoms with van der Waals surface area (Å²) in [7, 11) is -3.34. The molecule has 0 saturated carbocycles. The van der Waals surface area contributed by atoms with Gasteiger partial charge in [0.1, 0.15) is 0 Å². The lowest BCUT2D eigenvalue weighted by molar-refractivity contribution is -0.119. The Morgan fingerprint density at radius 3 is 2.45 bits per heavy atom. The second kappa shape index (κ2) is 7.63. The van der Waals surface area contributed by atoms with E-state index in [9.17, 15) is 13.2 Å². The summed E-state index contributed by atoms with van der Waals surface area (Å²) in [6.07, 6.45) is 1.99. The van der Waals surface area contributed by atoms with Gasteiger partial charge in [0.2, 0.25) is 15.9 Å². The first-order valence-electron chi connectivity index (χ1n) is 7.62. The van der Waals surface area contributed by atoms with Crippen LogP contribution in [0.15, 0.2) is 24.3 Å². The van der Waals surface area contributed by atoms with Crippen LogP contribution in [0.4, 0.5) is 5.69 Å². The van der Waals surface area contributed by atoms with Gasteiger partial charge in [0.25, 0.3) is 0 Å². The first-order valence-corrected chi connectivity index (χ1v) is 9.47. The largest absolute Gasteiger partial charge is 0.356 e. The van der Waals surface area contributed by atoms with Crippen LogP contribution in [-0.4, -0.2) is 33.2 Å². The molecule has 0 saturated heterocycles. The Labute approximate surface area is 133 Å². The van der Waals surface area contributed by atoms with Crippen LogP contribution < -0.4 is 9.62 Å². The third-order valence-electron chi connectivity index (χ3n) is 3.73. The predicted molar refractivity (Wildman–Crippen MR) is 90.5 cm³/mol. The molecular weight excluding hydrogens is 300 g/mol. The van der Waals surface area contributed by atoms with Crippen molar-refractivity contribution in [2.24, 2.45) is 5.92 Å². The second-order valence-electron chi connectivity index (χ2n) is 5.33. The molecule has 1 N–H and O–H groups in total. The molecule has 0 bridgehead atoms. The molecule has 22 heavy (non-hydrogen) atoms. The highest BCUT2D eigenvalue weighted by atomic mass is 32.2. The number of sulfonamides is 1. The molecule has 0 aromatic heterocycles. The van der Waals surface area contributed by atoms with Crippen molar-refractivity contribution in [1.29, 1.82) is 0 Å². The number of carbonyl (C=O) groups excluding carboxylic acids is 1. The molecule has 1 aromatic carbocycles. The van der Waals surface area contributed by atoms with Crippen LogP contribution in [0.1, 0.15) is 33.3 Å². The standard InChI is InChI=1S/C14H20N2O3S.C2H6/c1-10-13(9-15-11(2)17)8-12-6-4-5-7-14(12)16(10)20(3,18)19;1-2/h4-7,10,13H,8-9H2,1-3H3,(H,15,17);1-2H3/t10-,13?;/m1./s1. The van der Waals surface area contributed by atoms with E-state index in [4.69, 9.17) is 0 Å². The number of rotatable bonds is 3. The summed E-state index contributed by atoms with van der Waals surface area (Å²) in [4.78, 5) is 11.1. The van der Waals surface area contributed by atoms with Crippen molar-refractivity contribution in [3.63, 3.8) is 0 Å². The van der Waals surface area contributed by atoms with Crippen molar-refractivity contribution in [2.45, 2.75) is 40.2 Å². The van der Waals surface area contributed by atoms with E-state index in [0.29, 0.717) is 6.54 Å². The van der Waals surface area contributed by atoms with Gasteiger partial charge in [-0.1, -0.05) is 32.0 Å². The average Bonchev–Trinajstić information content (AvgIpc) is 2.45. The zero-order valence-electron chi connectivity index (χ0n) is 14.0. The number of benzene rings is 1. The van der Waals surface area contributed by atoms with E-state index in [1.165, 1.54) is 17.5 Å². The van der Waals surface area contributed by atoms with Crippen molar-refractivity contribution in [3.05, 3.63) is 29.8 Å². The molecule has 0 aliphatic carbocycles. The fourth-order valence-corrected chi connectivity index (χ4v) is 4.07. The Bertz CT molecular complexity index is 614. The SMILES string of the molecule is CC.CC(=O)NCC1Cc2ccccc2N(S(C)(=O)=O)[C@@H]1C. The van der Waals surface area contributed by atoms with E-state index < -0.39 is 10.0 Å². The van der Waals surface area contributed by atoms with Gasteiger partial charge in [-0.05, 0) is 25.0 Å². The maximum absolute atomic E-state index is 12.1. The highest BCUT2D eigenvalue weighted by Crippen LogP contribution is 2.35. The quantitative estimate of drug-likeness (QED) is 0.926. The summed E-state index contributed by atoms with van der Waals surface area (Å²) >= 11 is 0. The third kappa shape index (κ3) is 4.22. The zero-order chi connectivity index (χ0) is 16.9. The highest BCUT2D eigenvalue weighted by Gasteiger charge is 2.35.